The minimum atomic E-state index is -0.597. The Morgan fingerprint density at radius 3 is 2.53 bits per heavy atom. The molecule has 6 nitrogen and oxygen atoms in total. The summed E-state index contributed by atoms with van der Waals surface area (Å²) in [5, 5.41) is 0. The summed E-state index contributed by atoms with van der Waals surface area (Å²) in [4.78, 5) is 31.1. The molecule has 1 atom stereocenters. The van der Waals surface area contributed by atoms with Crippen molar-refractivity contribution in [2.45, 2.75) is 13.0 Å². The van der Waals surface area contributed by atoms with Crippen LogP contribution >= 0.6 is 11.3 Å². The smallest absolute Gasteiger partial charge is 0.338 e. The predicted octanol–water partition coefficient (Wildman–Crippen LogP) is 3.08. The molecule has 3 aromatic rings. The lowest BCUT2D eigenvalue weighted by molar-refractivity contribution is -0.136. The average molecular weight is 447 g/mol. The van der Waals surface area contributed by atoms with Gasteiger partial charge < -0.3 is 9.47 Å². The van der Waals surface area contributed by atoms with E-state index in [1.165, 1.54) is 18.4 Å². The summed E-state index contributed by atoms with van der Waals surface area (Å²) in [6, 6.07) is 16.5. The van der Waals surface area contributed by atoms with Crippen molar-refractivity contribution in [1.29, 1.82) is 0 Å². The van der Waals surface area contributed by atoms with Gasteiger partial charge in [-0.05, 0) is 24.6 Å². The number of thiazole rings is 1. The minimum absolute atomic E-state index is 0.207. The summed E-state index contributed by atoms with van der Waals surface area (Å²) in [6.07, 6.45) is 5.46. The van der Waals surface area contributed by atoms with E-state index in [4.69, 9.17) is 9.47 Å². The van der Waals surface area contributed by atoms with Crippen LogP contribution in [-0.4, -0.2) is 24.8 Å². The number of hydrogen-bond acceptors (Lipinski definition) is 6. The van der Waals surface area contributed by atoms with Gasteiger partial charge >= 0.3 is 5.97 Å². The van der Waals surface area contributed by atoms with Gasteiger partial charge in [-0.15, -0.1) is 0 Å². The molecule has 7 heteroatoms. The highest BCUT2D eigenvalue weighted by atomic mass is 32.1. The molecule has 0 spiro atoms. The average Bonchev–Trinajstić information content (AvgIpc) is 3.13. The lowest BCUT2D eigenvalue weighted by atomic mass is 9.96. The van der Waals surface area contributed by atoms with E-state index in [1.807, 2.05) is 66.7 Å². The summed E-state index contributed by atoms with van der Waals surface area (Å²) < 4.78 is 12.5. The zero-order valence-electron chi connectivity index (χ0n) is 17.9. The van der Waals surface area contributed by atoms with Crippen LogP contribution in [0.15, 0.2) is 81.7 Å². The van der Waals surface area contributed by atoms with E-state index >= 15 is 0 Å². The van der Waals surface area contributed by atoms with Crippen molar-refractivity contribution in [2.75, 3.05) is 14.2 Å². The van der Waals surface area contributed by atoms with Crippen LogP contribution < -0.4 is 19.6 Å². The molecule has 0 radical (unpaired) electrons. The highest BCUT2D eigenvalue weighted by molar-refractivity contribution is 7.07. The van der Waals surface area contributed by atoms with Crippen molar-refractivity contribution in [2.24, 2.45) is 4.99 Å². The molecule has 2 heterocycles. The largest absolute Gasteiger partial charge is 0.496 e. The quantitative estimate of drug-likeness (QED) is 0.565. The molecule has 0 aliphatic carbocycles. The Morgan fingerprint density at radius 2 is 1.81 bits per heavy atom. The Kier molecular flexibility index (Phi) is 6.18. The fraction of sp³-hybridized carbons (Fsp3) is 0.160. The maximum Gasteiger partial charge on any atom is 0.338 e. The molecule has 0 N–H and O–H groups in total. The lowest BCUT2D eigenvalue weighted by Crippen LogP contribution is -2.39. The Labute approximate surface area is 189 Å². The van der Waals surface area contributed by atoms with Crippen molar-refractivity contribution in [3.8, 4) is 5.75 Å². The van der Waals surface area contributed by atoms with Crippen LogP contribution in [0, 0.1) is 0 Å². The summed E-state index contributed by atoms with van der Waals surface area (Å²) >= 11 is 1.29. The van der Waals surface area contributed by atoms with E-state index in [0.29, 0.717) is 20.6 Å². The monoisotopic (exact) mass is 446 g/mol. The Balaban J connectivity index is 1.85. The van der Waals surface area contributed by atoms with Gasteiger partial charge in [0.2, 0.25) is 0 Å². The zero-order valence-corrected chi connectivity index (χ0v) is 18.8. The van der Waals surface area contributed by atoms with Crippen molar-refractivity contribution >= 4 is 29.5 Å². The van der Waals surface area contributed by atoms with E-state index in [2.05, 4.69) is 4.99 Å². The van der Waals surface area contributed by atoms with E-state index in [1.54, 1.807) is 24.7 Å². The second-order valence-corrected chi connectivity index (χ2v) is 8.12. The number of hydrogen-bond donors (Lipinski definition) is 0. The first kappa shape index (κ1) is 21.5. The van der Waals surface area contributed by atoms with Gasteiger partial charge in [0.25, 0.3) is 5.56 Å². The number of carbonyl (C=O) groups is 1. The fourth-order valence-corrected chi connectivity index (χ4v) is 4.70. The molecule has 32 heavy (non-hydrogen) atoms. The number of rotatable bonds is 5. The molecule has 1 aromatic heterocycles. The maximum absolute atomic E-state index is 13.4. The molecule has 0 fully saturated rings. The molecular weight excluding hydrogens is 424 g/mol. The predicted molar refractivity (Wildman–Crippen MR) is 125 cm³/mol. The van der Waals surface area contributed by atoms with Crippen LogP contribution in [0.1, 0.15) is 24.1 Å². The Morgan fingerprint density at radius 1 is 1.09 bits per heavy atom. The number of para-hydroxylation sites is 1. The molecule has 1 aliphatic rings. The second-order valence-electron chi connectivity index (χ2n) is 7.11. The number of esters is 1. The molecule has 4 rings (SSSR count). The van der Waals surface area contributed by atoms with Crippen LogP contribution in [0.4, 0.5) is 0 Å². The molecule has 0 saturated carbocycles. The van der Waals surface area contributed by atoms with Crippen LogP contribution in [0.3, 0.4) is 0 Å². The molecule has 0 bridgehead atoms. The SMILES string of the molecule is COC(=O)C1=C(C)N=c2s/c(=C\C=C\c3ccccc3OC)c(=O)n2C1c1ccccc1. The molecule has 1 aliphatic heterocycles. The first-order valence-corrected chi connectivity index (χ1v) is 10.8. The number of nitrogens with zero attached hydrogens (tertiary/aromatic N) is 2. The topological polar surface area (TPSA) is 69.9 Å². The van der Waals surface area contributed by atoms with Crippen LogP contribution in [0.2, 0.25) is 0 Å². The van der Waals surface area contributed by atoms with E-state index < -0.39 is 12.0 Å². The Hall–Kier alpha value is -3.71. The second kappa shape index (κ2) is 9.20. The molecule has 0 amide bonds. The van der Waals surface area contributed by atoms with Crippen LogP contribution in [-0.2, 0) is 9.53 Å². The van der Waals surface area contributed by atoms with Gasteiger partial charge in [0.15, 0.2) is 4.80 Å². The number of methoxy groups -OCH3 is 2. The minimum Gasteiger partial charge on any atom is -0.496 e. The maximum atomic E-state index is 13.4. The van der Waals surface area contributed by atoms with Gasteiger partial charge in [-0.1, -0.05) is 72.0 Å². The highest BCUT2D eigenvalue weighted by Crippen LogP contribution is 2.30. The number of fused-ring (bicyclic) bond motifs is 1. The van der Waals surface area contributed by atoms with Gasteiger partial charge in [0, 0.05) is 5.56 Å². The molecule has 162 valence electrons. The molecule has 0 saturated heterocycles. The summed E-state index contributed by atoms with van der Waals surface area (Å²) in [5.74, 6) is 0.256. The number of carbonyl (C=O) groups excluding carboxylic acids is 1. The van der Waals surface area contributed by atoms with Gasteiger partial charge in [-0.25, -0.2) is 9.79 Å². The standard InChI is InChI=1S/C25H22N2O4S/c1-16-21(24(29)31-3)22(18-11-5-4-6-12-18)27-23(28)20(32-25(27)26-16)15-9-13-17-10-7-8-14-19(17)30-2/h4-15,22H,1-3H3/b13-9+,20-15-. The fourth-order valence-electron chi connectivity index (χ4n) is 3.70. The summed E-state index contributed by atoms with van der Waals surface area (Å²) in [6.45, 7) is 1.76. The van der Waals surface area contributed by atoms with Gasteiger partial charge in [0.05, 0.1) is 36.1 Å². The van der Waals surface area contributed by atoms with Crippen molar-refractivity contribution in [3.63, 3.8) is 0 Å². The first-order chi connectivity index (χ1) is 15.5. The third kappa shape index (κ3) is 3.94. The summed E-state index contributed by atoms with van der Waals surface area (Å²) in [5.41, 5.74) is 2.43. The van der Waals surface area contributed by atoms with E-state index in [9.17, 15) is 9.59 Å². The zero-order chi connectivity index (χ0) is 22.7. The van der Waals surface area contributed by atoms with E-state index in [-0.39, 0.29) is 5.56 Å². The number of benzene rings is 2. The van der Waals surface area contributed by atoms with Crippen molar-refractivity contribution in [1.82, 2.24) is 4.57 Å². The molecule has 2 aromatic carbocycles. The van der Waals surface area contributed by atoms with Crippen LogP contribution in [0.25, 0.3) is 12.2 Å². The molecular formula is C25H22N2O4S. The third-order valence-electron chi connectivity index (χ3n) is 5.20. The van der Waals surface area contributed by atoms with Gasteiger partial charge in [-0.2, -0.15) is 0 Å². The van der Waals surface area contributed by atoms with Crippen LogP contribution in [0.5, 0.6) is 5.75 Å². The number of aromatic nitrogens is 1. The van der Waals surface area contributed by atoms with E-state index in [0.717, 1.165) is 16.9 Å². The van der Waals surface area contributed by atoms with Crippen molar-refractivity contribution in [3.05, 3.63) is 103 Å². The molecule has 1 unspecified atom stereocenters. The van der Waals surface area contributed by atoms with Crippen molar-refractivity contribution < 1.29 is 14.3 Å². The van der Waals surface area contributed by atoms with Gasteiger partial charge in [0.1, 0.15) is 5.75 Å². The summed E-state index contributed by atoms with van der Waals surface area (Å²) in [7, 11) is 2.95. The number of ether oxygens (including phenoxy) is 2. The Bertz CT molecular complexity index is 1400. The van der Waals surface area contributed by atoms with Gasteiger partial charge in [-0.3, -0.25) is 9.36 Å². The lowest BCUT2D eigenvalue weighted by Gasteiger charge is -2.24. The third-order valence-corrected chi connectivity index (χ3v) is 6.21. The number of allylic oxidation sites excluding steroid dienone is 2. The highest BCUT2D eigenvalue weighted by Gasteiger charge is 2.32. The first-order valence-electron chi connectivity index (χ1n) is 10.0. The normalized spacial score (nSPS) is 16.1.